The van der Waals surface area contributed by atoms with Crippen molar-refractivity contribution in [1.82, 2.24) is 4.90 Å². The summed E-state index contributed by atoms with van der Waals surface area (Å²) in [6, 6.07) is 14.0. The number of nitrogens with one attached hydrogen (secondary N) is 1. The highest BCUT2D eigenvalue weighted by Gasteiger charge is 2.21. The zero-order valence-corrected chi connectivity index (χ0v) is 12.7. The third-order valence-electron chi connectivity index (χ3n) is 4.35. The van der Waals surface area contributed by atoms with Crippen molar-refractivity contribution in [2.24, 2.45) is 5.92 Å². The van der Waals surface area contributed by atoms with Crippen LogP contribution in [0, 0.1) is 5.92 Å². The summed E-state index contributed by atoms with van der Waals surface area (Å²) in [4.78, 5) is 14.4. The van der Waals surface area contributed by atoms with Gasteiger partial charge in [0.05, 0.1) is 0 Å². The molecule has 1 heterocycles. The summed E-state index contributed by atoms with van der Waals surface area (Å²) in [7, 11) is 0. The van der Waals surface area contributed by atoms with Gasteiger partial charge in [0, 0.05) is 37.2 Å². The summed E-state index contributed by atoms with van der Waals surface area (Å²) in [5.74, 6) is 0.421. The van der Waals surface area contributed by atoms with Gasteiger partial charge in [0.15, 0.2) is 0 Å². The van der Waals surface area contributed by atoms with Gasteiger partial charge in [0.2, 0.25) is 5.91 Å². The second-order valence-electron chi connectivity index (χ2n) is 5.96. The molecule has 1 fully saturated rings. The van der Waals surface area contributed by atoms with Crippen LogP contribution in [0.3, 0.4) is 0 Å². The molecule has 0 spiro atoms. The number of likely N-dealkylation sites (tertiary alicyclic amines) is 1. The Bertz CT molecular complexity index is 651. The van der Waals surface area contributed by atoms with Gasteiger partial charge in [-0.3, -0.25) is 4.79 Å². The Morgan fingerprint density at radius 3 is 2.86 bits per heavy atom. The topological polar surface area (TPSA) is 52.6 Å². The molecule has 1 saturated heterocycles. The van der Waals surface area contributed by atoms with Gasteiger partial charge in [0.1, 0.15) is 0 Å². The number of anilines is 1. The molecule has 4 heteroatoms. The highest BCUT2D eigenvalue weighted by Crippen LogP contribution is 2.23. The summed E-state index contributed by atoms with van der Waals surface area (Å²) in [6.07, 6.45) is 1.52. The number of amides is 1. The first kappa shape index (κ1) is 15.0. The molecule has 1 aliphatic rings. The molecule has 0 radical (unpaired) electrons. The normalized spacial score (nSPS) is 18.7. The van der Waals surface area contributed by atoms with Crippen LogP contribution < -0.4 is 5.32 Å². The molecule has 1 atom stereocenters. The number of hydrogen-bond donors (Lipinski definition) is 2. The van der Waals surface area contributed by atoms with Gasteiger partial charge in [0.25, 0.3) is 0 Å². The lowest BCUT2D eigenvalue weighted by Gasteiger charge is -2.15. The van der Waals surface area contributed by atoms with Crippen LogP contribution in [0.1, 0.15) is 12.8 Å². The molecular weight excluding hydrogens is 276 g/mol. The second kappa shape index (κ2) is 6.90. The second-order valence-corrected chi connectivity index (χ2v) is 5.96. The number of fused-ring (bicyclic) bond motifs is 1. The number of nitrogens with zero attached hydrogens (tertiary/aromatic N) is 1. The van der Waals surface area contributed by atoms with Crippen molar-refractivity contribution >= 4 is 22.4 Å². The summed E-state index contributed by atoms with van der Waals surface area (Å²) in [5.41, 5.74) is 0.873. The van der Waals surface area contributed by atoms with Gasteiger partial charge < -0.3 is 15.3 Å². The van der Waals surface area contributed by atoms with Crippen molar-refractivity contribution in [3.8, 4) is 0 Å². The van der Waals surface area contributed by atoms with Gasteiger partial charge >= 0.3 is 0 Å². The van der Waals surface area contributed by atoms with Crippen LogP contribution >= 0.6 is 0 Å². The molecular formula is C18H22N2O2. The number of benzene rings is 2. The molecule has 1 unspecified atom stereocenters. The lowest BCUT2D eigenvalue weighted by atomic mass is 10.1. The molecule has 0 aromatic heterocycles. The molecule has 22 heavy (non-hydrogen) atoms. The van der Waals surface area contributed by atoms with E-state index in [9.17, 15) is 4.79 Å². The maximum atomic E-state index is 12.2. The van der Waals surface area contributed by atoms with Gasteiger partial charge in [-0.05, 0) is 30.3 Å². The van der Waals surface area contributed by atoms with Crippen LogP contribution in [0.5, 0.6) is 0 Å². The number of aliphatic hydroxyl groups is 1. The Kier molecular flexibility index (Phi) is 4.71. The fraction of sp³-hybridized carbons (Fsp3) is 0.389. The van der Waals surface area contributed by atoms with Crippen LogP contribution in [-0.2, 0) is 4.79 Å². The zero-order chi connectivity index (χ0) is 15.4. The Morgan fingerprint density at radius 1 is 1.23 bits per heavy atom. The van der Waals surface area contributed by atoms with Crippen LogP contribution in [-0.4, -0.2) is 42.2 Å². The fourth-order valence-electron chi connectivity index (χ4n) is 3.07. The summed E-state index contributed by atoms with van der Waals surface area (Å²) < 4.78 is 0. The first-order valence-electron chi connectivity index (χ1n) is 7.87. The number of rotatable bonds is 5. The zero-order valence-electron chi connectivity index (χ0n) is 12.7. The largest absolute Gasteiger partial charge is 0.396 e. The molecule has 0 bridgehead atoms. The standard InChI is InChI=1S/C18H22N2O2/c21-13-14-8-10-20(12-14)11-9-18(22)19-17-7-3-5-15-4-1-2-6-16(15)17/h1-7,14,21H,8-13H2,(H,19,22). The van der Waals surface area contributed by atoms with Crippen molar-refractivity contribution in [3.05, 3.63) is 42.5 Å². The minimum atomic E-state index is 0.0452. The predicted octanol–water partition coefficient (Wildman–Crippen LogP) is 2.48. The molecule has 3 rings (SSSR count). The SMILES string of the molecule is O=C(CCN1CCC(CO)C1)Nc1cccc2ccccc12. The van der Waals surface area contributed by atoms with Gasteiger partial charge in [-0.25, -0.2) is 0 Å². The first-order valence-corrected chi connectivity index (χ1v) is 7.87. The number of carbonyl (C=O) groups excluding carboxylic acids is 1. The van der Waals surface area contributed by atoms with Crippen LogP contribution in [0.15, 0.2) is 42.5 Å². The monoisotopic (exact) mass is 298 g/mol. The molecule has 2 N–H and O–H groups in total. The van der Waals surface area contributed by atoms with E-state index in [1.807, 2.05) is 42.5 Å². The van der Waals surface area contributed by atoms with Crippen molar-refractivity contribution in [3.63, 3.8) is 0 Å². The van der Waals surface area contributed by atoms with Crippen molar-refractivity contribution < 1.29 is 9.90 Å². The summed E-state index contributed by atoms with van der Waals surface area (Å²) >= 11 is 0. The third kappa shape index (κ3) is 3.46. The van der Waals surface area contributed by atoms with Crippen molar-refractivity contribution in [1.29, 1.82) is 0 Å². The molecule has 1 amide bonds. The van der Waals surface area contributed by atoms with E-state index < -0.39 is 0 Å². The molecule has 0 aliphatic carbocycles. The minimum absolute atomic E-state index is 0.0452. The van der Waals surface area contributed by atoms with E-state index in [0.717, 1.165) is 42.5 Å². The maximum Gasteiger partial charge on any atom is 0.225 e. The van der Waals surface area contributed by atoms with Gasteiger partial charge in [-0.1, -0.05) is 36.4 Å². The summed E-state index contributed by atoms with van der Waals surface area (Å²) in [5, 5.41) is 14.4. The van der Waals surface area contributed by atoms with Gasteiger partial charge in [-0.15, -0.1) is 0 Å². The summed E-state index contributed by atoms with van der Waals surface area (Å²) in [6.45, 7) is 2.89. The fourth-order valence-corrected chi connectivity index (χ4v) is 3.07. The number of aliphatic hydroxyl groups excluding tert-OH is 1. The van der Waals surface area contributed by atoms with Crippen LogP contribution in [0.25, 0.3) is 10.8 Å². The van der Waals surface area contributed by atoms with E-state index in [2.05, 4.69) is 10.2 Å². The van der Waals surface area contributed by atoms with Crippen LogP contribution in [0.4, 0.5) is 5.69 Å². The lowest BCUT2D eigenvalue weighted by molar-refractivity contribution is -0.116. The Hall–Kier alpha value is -1.91. The average Bonchev–Trinajstić information content (AvgIpc) is 3.01. The third-order valence-corrected chi connectivity index (χ3v) is 4.35. The van der Waals surface area contributed by atoms with Crippen molar-refractivity contribution in [2.75, 3.05) is 31.6 Å². The average molecular weight is 298 g/mol. The first-order chi connectivity index (χ1) is 10.8. The Balaban J connectivity index is 1.57. The van der Waals surface area contributed by atoms with E-state index in [0.29, 0.717) is 12.3 Å². The number of hydrogen-bond acceptors (Lipinski definition) is 3. The smallest absolute Gasteiger partial charge is 0.225 e. The van der Waals surface area contributed by atoms with E-state index in [1.54, 1.807) is 0 Å². The van der Waals surface area contributed by atoms with E-state index in [4.69, 9.17) is 5.11 Å². The quantitative estimate of drug-likeness (QED) is 0.891. The number of carbonyl (C=O) groups is 1. The maximum absolute atomic E-state index is 12.2. The molecule has 4 nitrogen and oxygen atoms in total. The lowest BCUT2D eigenvalue weighted by Crippen LogP contribution is -2.26. The Morgan fingerprint density at radius 2 is 2.05 bits per heavy atom. The van der Waals surface area contributed by atoms with E-state index >= 15 is 0 Å². The Labute approximate surface area is 130 Å². The molecule has 116 valence electrons. The van der Waals surface area contributed by atoms with E-state index in [-0.39, 0.29) is 12.5 Å². The van der Waals surface area contributed by atoms with E-state index in [1.165, 1.54) is 0 Å². The minimum Gasteiger partial charge on any atom is -0.396 e. The predicted molar refractivity (Wildman–Crippen MR) is 88.8 cm³/mol. The molecule has 1 aliphatic heterocycles. The van der Waals surface area contributed by atoms with Crippen molar-refractivity contribution in [2.45, 2.75) is 12.8 Å². The highest BCUT2D eigenvalue weighted by atomic mass is 16.3. The molecule has 2 aromatic rings. The molecule has 2 aromatic carbocycles. The van der Waals surface area contributed by atoms with Gasteiger partial charge in [-0.2, -0.15) is 0 Å². The molecule has 0 saturated carbocycles. The highest BCUT2D eigenvalue weighted by molar-refractivity contribution is 6.02. The van der Waals surface area contributed by atoms with Crippen LogP contribution in [0.2, 0.25) is 0 Å².